The van der Waals surface area contributed by atoms with Gasteiger partial charge in [0.1, 0.15) is 5.82 Å². The molecule has 0 saturated carbocycles. The molecule has 0 amide bonds. The maximum atomic E-state index is 9.64. The molecule has 0 bridgehead atoms. The number of nitrogens with one attached hydrogen (secondary N) is 2. The zero-order valence-corrected chi connectivity index (χ0v) is 17.3. The van der Waals surface area contributed by atoms with Crippen molar-refractivity contribution in [2.75, 3.05) is 31.6 Å². The molecular formula is C21H24Cl2N4O. The number of fused-ring (bicyclic) bond motifs is 3. The first-order valence-corrected chi connectivity index (χ1v) is 10.3. The van der Waals surface area contributed by atoms with E-state index in [1.54, 1.807) is 0 Å². The van der Waals surface area contributed by atoms with E-state index in [2.05, 4.69) is 20.2 Å². The number of aromatic amines is 1. The lowest BCUT2D eigenvalue weighted by molar-refractivity contribution is 0.150. The molecule has 1 aromatic carbocycles. The van der Waals surface area contributed by atoms with E-state index in [1.807, 2.05) is 37.3 Å². The monoisotopic (exact) mass is 418 g/mol. The van der Waals surface area contributed by atoms with Crippen LogP contribution in [0.25, 0.3) is 10.9 Å². The molecule has 3 aromatic rings. The molecule has 2 aromatic heterocycles. The van der Waals surface area contributed by atoms with Crippen LogP contribution in [-0.4, -0.2) is 46.2 Å². The highest BCUT2D eigenvalue weighted by atomic mass is 35.5. The van der Waals surface area contributed by atoms with Gasteiger partial charge in [-0.05, 0) is 55.7 Å². The molecule has 0 spiro atoms. The maximum absolute atomic E-state index is 9.64. The molecule has 1 atom stereocenters. The number of hydrogen-bond acceptors (Lipinski definition) is 4. The number of anilines is 1. The normalized spacial score (nSPS) is 17.1. The van der Waals surface area contributed by atoms with Crippen molar-refractivity contribution in [1.29, 1.82) is 0 Å². The number of aliphatic hydroxyl groups is 1. The van der Waals surface area contributed by atoms with Crippen LogP contribution in [0.3, 0.4) is 0 Å². The minimum Gasteiger partial charge on any atom is -0.396 e. The molecule has 0 aliphatic carbocycles. The van der Waals surface area contributed by atoms with E-state index < -0.39 is 0 Å². The highest BCUT2D eigenvalue weighted by molar-refractivity contribution is 6.31. The molecule has 0 saturated heterocycles. The summed E-state index contributed by atoms with van der Waals surface area (Å²) < 4.78 is 0. The fourth-order valence-corrected chi connectivity index (χ4v) is 4.35. The Morgan fingerprint density at radius 1 is 1.29 bits per heavy atom. The first kappa shape index (κ1) is 19.5. The van der Waals surface area contributed by atoms with Gasteiger partial charge in [0.15, 0.2) is 0 Å². The summed E-state index contributed by atoms with van der Waals surface area (Å²) in [4.78, 5) is 10.5. The van der Waals surface area contributed by atoms with Crippen LogP contribution in [0.2, 0.25) is 10.0 Å². The Hall–Kier alpha value is -1.79. The van der Waals surface area contributed by atoms with E-state index in [0.717, 1.165) is 48.1 Å². The summed E-state index contributed by atoms with van der Waals surface area (Å²) in [5.41, 5.74) is 4.47. The minimum atomic E-state index is 0.155. The summed E-state index contributed by atoms with van der Waals surface area (Å²) >= 11 is 12.3. The summed E-state index contributed by atoms with van der Waals surface area (Å²) in [6.07, 6.45) is 1.67. The third-order valence-corrected chi connectivity index (χ3v) is 6.09. The van der Waals surface area contributed by atoms with E-state index in [4.69, 9.17) is 23.2 Å². The molecule has 28 heavy (non-hydrogen) atoms. The number of halogens is 2. The van der Waals surface area contributed by atoms with Gasteiger partial charge in [0.25, 0.3) is 0 Å². The second kappa shape index (κ2) is 8.29. The van der Waals surface area contributed by atoms with Gasteiger partial charge >= 0.3 is 0 Å². The molecule has 3 N–H and O–H groups in total. The molecule has 0 radical (unpaired) electrons. The van der Waals surface area contributed by atoms with Crippen molar-refractivity contribution in [2.24, 2.45) is 0 Å². The lowest BCUT2D eigenvalue weighted by atomic mass is 9.95. The topological polar surface area (TPSA) is 64.2 Å². The molecule has 0 fully saturated rings. The summed E-state index contributed by atoms with van der Waals surface area (Å²) in [5.74, 6) is 0.832. The smallest absolute Gasteiger partial charge is 0.126 e. The van der Waals surface area contributed by atoms with Crippen LogP contribution in [0.5, 0.6) is 0 Å². The van der Waals surface area contributed by atoms with Gasteiger partial charge < -0.3 is 15.4 Å². The fourth-order valence-electron chi connectivity index (χ4n) is 4.08. The van der Waals surface area contributed by atoms with Crippen LogP contribution in [-0.2, 0) is 6.42 Å². The largest absolute Gasteiger partial charge is 0.396 e. The molecule has 148 valence electrons. The standard InChI is InChI=1S/C21H24Cl2N4O/c1-13-17(23)3-5-20(25-13)24-8-10-27-9-6-15-16-12-14(22)2-4-18(16)26-21(15)19(27)7-11-28/h2-5,12,19,26,28H,6-11H2,1H3,(H,24,25). The zero-order valence-electron chi connectivity index (χ0n) is 15.8. The van der Waals surface area contributed by atoms with Crippen LogP contribution in [0.4, 0.5) is 5.82 Å². The minimum absolute atomic E-state index is 0.155. The Morgan fingerprint density at radius 2 is 2.14 bits per heavy atom. The summed E-state index contributed by atoms with van der Waals surface area (Å²) in [5, 5.41) is 15.7. The van der Waals surface area contributed by atoms with Gasteiger partial charge in [-0.2, -0.15) is 0 Å². The fraction of sp³-hybridized carbons (Fsp3) is 0.381. The highest BCUT2D eigenvalue weighted by Gasteiger charge is 2.29. The third kappa shape index (κ3) is 3.85. The molecule has 7 heteroatoms. The van der Waals surface area contributed by atoms with E-state index in [9.17, 15) is 5.11 Å². The van der Waals surface area contributed by atoms with E-state index in [1.165, 1.54) is 16.6 Å². The number of aliphatic hydroxyl groups excluding tert-OH is 1. The quantitative estimate of drug-likeness (QED) is 0.548. The van der Waals surface area contributed by atoms with Gasteiger partial charge in [-0.1, -0.05) is 23.2 Å². The number of hydrogen-bond donors (Lipinski definition) is 3. The Bertz CT molecular complexity index is 988. The first-order chi connectivity index (χ1) is 13.6. The van der Waals surface area contributed by atoms with Crippen molar-refractivity contribution in [2.45, 2.75) is 25.8 Å². The molecule has 1 unspecified atom stereocenters. The van der Waals surface area contributed by atoms with Crippen molar-refractivity contribution in [3.63, 3.8) is 0 Å². The van der Waals surface area contributed by atoms with E-state index in [0.29, 0.717) is 11.4 Å². The van der Waals surface area contributed by atoms with Gasteiger partial charge in [-0.3, -0.25) is 4.90 Å². The second-order valence-corrected chi connectivity index (χ2v) is 8.06. The van der Waals surface area contributed by atoms with Crippen LogP contribution in [0.15, 0.2) is 30.3 Å². The first-order valence-electron chi connectivity index (χ1n) is 9.58. The molecular weight excluding hydrogens is 395 g/mol. The second-order valence-electron chi connectivity index (χ2n) is 7.21. The molecule has 1 aliphatic rings. The Labute approximate surface area is 174 Å². The van der Waals surface area contributed by atoms with Crippen molar-refractivity contribution in [3.05, 3.63) is 57.3 Å². The number of pyridine rings is 1. The van der Waals surface area contributed by atoms with Gasteiger partial charge in [0.2, 0.25) is 0 Å². The Kier molecular flexibility index (Phi) is 5.78. The number of aromatic nitrogens is 2. The number of H-pyrrole nitrogens is 1. The zero-order chi connectivity index (χ0) is 19.7. The SMILES string of the molecule is Cc1nc(NCCN2CCc3c([nH]c4ccc(Cl)cc34)C2CCO)ccc1Cl. The van der Waals surface area contributed by atoms with Gasteiger partial charge in [0.05, 0.1) is 16.8 Å². The third-order valence-electron chi connectivity index (χ3n) is 5.45. The molecule has 5 nitrogen and oxygen atoms in total. The van der Waals surface area contributed by atoms with E-state index in [-0.39, 0.29) is 12.6 Å². The summed E-state index contributed by atoms with van der Waals surface area (Å²) in [7, 11) is 0. The summed E-state index contributed by atoms with van der Waals surface area (Å²) in [6.45, 7) is 4.65. The number of nitrogens with zero attached hydrogens (tertiary/aromatic N) is 2. The van der Waals surface area contributed by atoms with Crippen LogP contribution >= 0.6 is 23.2 Å². The van der Waals surface area contributed by atoms with Crippen LogP contribution < -0.4 is 5.32 Å². The molecule has 1 aliphatic heterocycles. The average Bonchev–Trinajstić information content (AvgIpc) is 3.04. The summed E-state index contributed by atoms with van der Waals surface area (Å²) in [6, 6.07) is 9.91. The average molecular weight is 419 g/mol. The number of benzene rings is 1. The number of aryl methyl sites for hydroxylation is 1. The van der Waals surface area contributed by atoms with Gasteiger partial charge in [-0.25, -0.2) is 4.98 Å². The van der Waals surface area contributed by atoms with Crippen molar-refractivity contribution in [3.8, 4) is 0 Å². The Balaban J connectivity index is 1.50. The lowest BCUT2D eigenvalue weighted by Gasteiger charge is -2.35. The van der Waals surface area contributed by atoms with Crippen molar-refractivity contribution in [1.82, 2.24) is 14.9 Å². The molecule has 3 heterocycles. The van der Waals surface area contributed by atoms with Crippen molar-refractivity contribution >= 4 is 39.9 Å². The Morgan fingerprint density at radius 3 is 2.93 bits per heavy atom. The van der Waals surface area contributed by atoms with E-state index >= 15 is 0 Å². The van der Waals surface area contributed by atoms with Crippen molar-refractivity contribution < 1.29 is 5.11 Å². The number of rotatable bonds is 6. The van der Waals surface area contributed by atoms with Crippen LogP contribution in [0, 0.1) is 6.92 Å². The van der Waals surface area contributed by atoms with Gasteiger partial charge in [0, 0.05) is 47.9 Å². The van der Waals surface area contributed by atoms with Gasteiger partial charge in [-0.15, -0.1) is 0 Å². The van der Waals surface area contributed by atoms with Crippen LogP contribution in [0.1, 0.15) is 29.4 Å². The lowest BCUT2D eigenvalue weighted by Crippen LogP contribution is -2.38. The predicted molar refractivity (Wildman–Crippen MR) is 116 cm³/mol. The molecule has 4 rings (SSSR count). The predicted octanol–water partition coefficient (Wildman–Crippen LogP) is 4.57. The highest BCUT2D eigenvalue weighted by Crippen LogP contribution is 2.36. The maximum Gasteiger partial charge on any atom is 0.126 e.